The average molecular weight is 473 g/mol. The van der Waals surface area contributed by atoms with Crippen LogP contribution in [0.25, 0.3) is 5.69 Å². The molecule has 0 spiro atoms. The van der Waals surface area contributed by atoms with Crippen molar-refractivity contribution in [3.63, 3.8) is 0 Å². The Labute approximate surface area is 182 Å². The normalized spacial score (nSPS) is 10.6. The molecule has 6 nitrogen and oxygen atoms in total. The van der Waals surface area contributed by atoms with E-state index in [-0.39, 0.29) is 18.4 Å². The Hall–Kier alpha value is -2.58. The molecule has 8 heteroatoms. The predicted molar refractivity (Wildman–Crippen MR) is 120 cm³/mol. The molecule has 0 unspecified atom stereocenters. The molecule has 2 aromatic carbocycles. The van der Waals surface area contributed by atoms with E-state index in [1.165, 1.54) is 16.7 Å². The van der Waals surface area contributed by atoms with Crippen molar-refractivity contribution in [3.05, 3.63) is 70.5 Å². The molecular weight excluding hydrogens is 452 g/mol. The van der Waals surface area contributed by atoms with E-state index in [0.717, 1.165) is 21.4 Å². The van der Waals surface area contributed by atoms with Gasteiger partial charge in [0.25, 0.3) is 5.91 Å². The number of likely N-dealkylation sites (N-methyl/N-ethyl adjacent to an activating group) is 1. The van der Waals surface area contributed by atoms with Crippen molar-refractivity contribution in [2.75, 3.05) is 25.2 Å². The molecule has 150 valence electrons. The van der Waals surface area contributed by atoms with E-state index in [1.54, 1.807) is 17.8 Å². The van der Waals surface area contributed by atoms with Crippen LogP contribution in [0.5, 0.6) is 0 Å². The summed E-state index contributed by atoms with van der Waals surface area (Å²) >= 11 is 4.86. The quantitative estimate of drug-likeness (QED) is 0.540. The van der Waals surface area contributed by atoms with Gasteiger partial charge in [-0.1, -0.05) is 45.9 Å². The van der Waals surface area contributed by atoms with Gasteiger partial charge < -0.3 is 10.2 Å². The van der Waals surface area contributed by atoms with Gasteiger partial charge >= 0.3 is 0 Å². The third-order valence-corrected chi connectivity index (χ3v) is 5.48. The average Bonchev–Trinajstić information content (AvgIpc) is 3.14. The highest BCUT2D eigenvalue weighted by Crippen LogP contribution is 2.23. The first kappa shape index (κ1) is 21.1. The third kappa shape index (κ3) is 4.89. The summed E-state index contributed by atoms with van der Waals surface area (Å²) in [5.74, 6) is -0.536. The van der Waals surface area contributed by atoms with Crippen LogP contribution in [0.15, 0.2) is 64.4 Å². The maximum absolute atomic E-state index is 13.0. The molecule has 0 aliphatic rings. The minimum atomic E-state index is -0.274. The fourth-order valence-electron chi connectivity index (χ4n) is 2.90. The minimum Gasteiger partial charge on any atom is -0.331 e. The number of hydrogen-bond acceptors (Lipinski definition) is 4. The summed E-state index contributed by atoms with van der Waals surface area (Å²) in [6, 6.07) is 15.2. The fourth-order valence-corrected chi connectivity index (χ4v) is 3.92. The van der Waals surface area contributed by atoms with Gasteiger partial charge in [-0.05, 0) is 49.1 Å². The van der Waals surface area contributed by atoms with Gasteiger partial charge in [0.1, 0.15) is 5.69 Å². The number of nitrogens with zero attached hydrogens (tertiary/aromatic N) is 3. The van der Waals surface area contributed by atoms with Crippen molar-refractivity contribution in [1.82, 2.24) is 14.5 Å². The zero-order chi connectivity index (χ0) is 21.0. The minimum absolute atomic E-state index is 0.0666. The summed E-state index contributed by atoms with van der Waals surface area (Å²) in [6.45, 7) is 1.85. The smallest absolute Gasteiger partial charge is 0.272 e. The Morgan fingerprint density at radius 1 is 1.21 bits per heavy atom. The lowest BCUT2D eigenvalue weighted by Crippen LogP contribution is -2.36. The number of thioether (sulfide) groups is 1. The molecule has 0 saturated carbocycles. The SMILES string of the molecule is CSc1ncc(C(=O)N(C)CC(=O)Nc2ccc(Br)cc2C)n1-c1ccccc1. The number of aryl methyl sites for hydroxylation is 1. The molecule has 0 bridgehead atoms. The lowest BCUT2D eigenvalue weighted by atomic mass is 10.2. The maximum Gasteiger partial charge on any atom is 0.272 e. The largest absolute Gasteiger partial charge is 0.331 e. The van der Waals surface area contributed by atoms with Crippen LogP contribution in [0, 0.1) is 6.92 Å². The number of carbonyl (C=O) groups excluding carboxylic acids is 2. The zero-order valence-corrected chi connectivity index (χ0v) is 18.8. The van der Waals surface area contributed by atoms with Gasteiger partial charge in [0.2, 0.25) is 5.91 Å². The van der Waals surface area contributed by atoms with E-state index in [2.05, 4.69) is 26.2 Å². The van der Waals surface area contributed by atoms with E-state index >= 15 is 0 Å². The number of carbonyl (C=O) groups is 2. The van der Waals surface area contributed by atoms with E-state index in [1.807, 2.05) is 61.7 Å². The number of para-hydroxylation sites is 1. The van der Waals surface area contributed by atoms with Crippen LogP contribution >= 0.6 is 27.7 Å². The molecule has 0 fully saturated rings. The van der Waals surface area contributed by atoms with Gasteiger partial charge in [-0.2, -0.15) is 0 Å². The Kier molecular flexibility index (Phi) is 6.76. The van der Waals surface area contributed by atoms with E-state index in [0.29, 0.717) is 10.9 Å². The van der Waals surface area contributed by atoms with Crippen LogP contribution in [-0.4, -0.2) is 46.1 Å². The fraction of sp³-hybridized carbons (Fsp3) is 0.190. The first-order valence-corrected chi connectivity index (χ1v) is 10.9. The zero-order valence-electron chi connectivity index (χ0n) is 16.3. The summed E-state index contributed by atoms with van der Waals surface area (Å²) in [5.41, 5.74) is 2.92. The number of benzene rings is 2. The molecule has 0 saturated heterocycles. The number of rotatable bonds is 6. The van der Waals surface area contributed by atoms with Gasteiger partial charge in [0.15, 0.2) is 5.16 Å². The number of hydrogen-bond donors (Lipinski definition) is 1. The predicted octanol–water partition coefficient (Wildman–Crippen LogP) is 4.38. The molecule has 0 aliphatic carbocycles. The number of aromatic nitrogens is 2. The van der Waals surface area contributed by atoms with Crippen molar-refractivity contribution < 1.29 is 9.59 Å². The molecule has 1 N–H and O–H groups in total. The lowest BCUT2D eigenvalue weighted by Gasteiger charge is -2.19. The second-order valence-corrected chi connectivity index (χ2v) is 8.16. The van der Waals surface area contributed by atoms with Crippen molar-refractivity contribution in [2.24, 2.45) is 0 Å². The lowest BCUT2D eigenvalue weighted by molar-refractivity contribution is -0.116. The van der Waals surface area contributed by atoms with Crippen molar-refractivity contribution in [2.45, 2.75) is 12.1 Å². The Balaban J connectivity index is 1.77. The monoisotopic (exact) mass is 472 g/mol. The number of anilines is 1. The number of imidazole rings is 1. The highest BCUT2D eigenvalue weighted by molar-refractivity contribution is 9.10. The van der Waals surface area contributed by atoms with E-state index < -0.39 is 0 Å². The number of nitrogens with one attached hydrogen (secondary N) is 1. The maximum atomic E-state index is 13.0. The van der Waals surface area contributed by atoms with Crippen LogP contribution in [-0.2, 0) is 4.79 Å². The summed E-state index contributed by atoms with van der Waals surface area (Å²) < 4.78 is 2.75. The molecule has 0 atom stereocenters. The Morgan fingerprint density at radius 2 is 1.93 bits per heavy atom. The molecule has 1 heterocycles. The summed E-state index contributed by atoms with van der Waals surface area (Å²) in [6.07, 6.45) is 3.46. The molecule has 3 aromatic rings. The molecular formula is C21H21BrN4O2S. The highest BCUT2D eigenvalue weighted by Gasteiger charge is 2.22. The Bertz CT molecular complexity index is 1040. The molecule has 0 radical (unpaired) electrons. The first-order chi connectivity index (χ1) is 13.9. The van der Waals surface area contributed by atoms with Crippen LogP contribution in [0.2, 0.25) is 0 Å². The van der Waals surface area contributed by atoms with E-state index in [4.69, 9.17) is 0 Å². The third-order valence-electron chi connectivity index (χ3n) is 4.34. The molecule has 2 amide bonds. The Morgan fingerprint density at radius 3 is 2.59 bits per heavy atom. The summed E-state index contributed by atoms with van der Waals surface area (Å²) in [4.78, 5) is 31.3. The van der Waals surface area contributed by atoms with Crippen molar-refractivity contribution in [3.8, 4) is 5.69 Å². The van der Waals surface area contributed by atoms with E-state index in [9.17, 15) is 9.59 Å². The molecule has 1 aromatic heterocycles. The van der Waals surface area contributed by atoms with Gasteiger partial charge in [-0.25, -0.2) is 4.98 Å². The van der Waals surface area contributed by atoms with Crippen molar-refractivity contribution in [1.29, 1.82) is 0 Å². The van der Waals surface area contributed by atoms with Crippen LogP contribution in [0.4, 0.5) is 5.69 Å². The molecule has 3 rings (SSSR count). The van der Waals surface area contributed by atoms with Crippen LogP contribution < -0.4 is 5.32 Å². The first-order valence-electron chi connectivity index (χ1n) is 8.89. The summed E-state index contributed by atoms with van der Waals surface area (Å²) in [7, 11) is 1.61. The van der Waals surface area contributed by atoms with Gasteiger partial charge in [-0.15, -0.1) is 0 Å². The topological polar surface area (TPSA) is 67.2 Å². The standard InChI is InChI=1S/C21H21BrN4O2S/c1-14-11-15(22)9-10-17(14)24-19(27)13-25(2)20(28)18-12-23-21(29-3)26(18)16-7-5-4-6-8-16/h4-12H,13H2,1-3H3,(H,24,27). The second-order valence-electron chi connectivity index (χ2n) is 6.47. The highest BCUT2D eigenvalue weighted by atomic mass is 79.9. The molecule has 0 aliphatic heterocycles. The van der Waals surface area contributed by atoms with Gasteiger partial charge in [-0.3, -0.25) is 14.2 Å². The summed E-state index contributed by atoms with van der Waals surface area (Å²) in [5, 5.41) is 3.57. The van der Waals surface area contributed by atoms with Crippen molar-refractivity contribution >= 4 is 45.2 Å². The van der Waals surface area contributed by atoms with Crippen LogP contribution in [0.3, 0.4) is 0 Å². The second kappa shape index (κ2) is 9.28. The number of halogens is 1. The number of amides is 2. The van der Waals surface area contributed by atoms with Crippen LogP contribution in [0.1, 0.15) is 16.1 Å². The van der Waals surface area contributed by atoms with Gasteiger partial charge in [0.05, 0.1) is 12.7 Å². The molecule has 29 heavy (non-hydrogen) atoms. The van der Waals surface area contributed by atoms with Gasteiger partial charge in [0, 0.05) is 22.9 Å².